The Morgan fingerprint density at radius 2 is 2.06 bits per heavy atom. The molecule has 1 rings (SSSR count). The van der Waals surface area contributed by atoms with Gasteiger partial charge < -0.3 is 15.2 Å². The van der Waals surface area contributed by atoms with E-state index in [0.29, 0.717) is 11.3 Å². The maximum Gasteiger partial charge on any atom is 0.390 e. The number of alkyl halides is 3. The predicted octanol–water partition coefficient (Wildman–Crippen LogP) is 2.44. The second-order valence-electron chi connectivity index (χ2n) is 3.54. The number of rotatable bonds is 5. The fourth-order valence-electron chi connectivity index (χ4n) is 1.28. The van der Waals surface area contributed by atoms with Crippen molar-refractivity contribution in [3.63, 3.8) is 0 Å². The summed E-state index contributed by atoms with van der Waals surface area (Å²) >= 11 is 0. The Kier molecular flexibility index (Phi) is 4.62. The zero-order chi connectivity index (χ0) is 12.9. The van der Waals surface area contributed by atoms with Gasteiger partial charge in [-0.2, -0.15) is 13.2 Å². The number of aromatic hydroxyl groups is 1. The van der Waals surface area contributed by atoms with E-state index in [-0.39, 0.29) is 18.8 Å². The van der Waals surface area contributed by atoms with Gasteiger partial charge in [-0.15, -0.1) is 0 Å². The molecule has 0 atom stereocenters. The molecule has 0 aromatic heterocycles. The van der Waals surface area contributed by atoms with Gasteiger partial charge in [0.15, 0.2) is 0 Å². The Hall–Kier alpha value is -1.43. The number of hydrogen-bond acceptors (Lipinski definition) is 3. The predicted molar refractivity (Wildman–Crippen MR) is 57.0 cm³/mol. The van der Waals surface area contributed by atoms with Crippen molar-refractivity contribution in [2.24, 2.45) is 0 Å². The van der Waals surface area contributed by atoms with E-state index < -0.39 is 12.6 Å². The third-order valence-electron chi connectivity index (χ3n) is 2.19. The van der Waals surface area contributed by atoms with Crippen molar-refractivity contribution in [3.8, 4) is 11.5 Å². The van der Waals surface area contributed by atoms with Crippen LogP contribution >= 0.6 is 0 Å². The van der Waals surface area contributed by atoms with E-state index in [2.05, 4.69) is 5.32 Å². The van der Waals surface area contributed by atoms with E-state index in [1.165, 1.54) is 13.2 Å². The highest BCUT2D eigenvalue weighted by molar-refractivity contribution is 5.39. The summed E-state index contributed by atoms with van der Waals surface area (Å²) in [5, 5.41) is 12.1. The Bertz CT molecular complexity index is 366. The average Bonchev–Trinajstić information content (AvgIpc) is 2.25. The average molecular weight is 249 g/mol. The highest BCUT2D eigenvalue weighted by Crippen LogP contribution is 2.23. The van der Waals surface area contributed by atoms with Crippen LogP contribution in [-0.4, -0.2) is 24.9 Å². The van der Waals surface area contributed by atoms with Crippen LogP contribution in [0, 0.1) is 0 Å². The van der Waals surface area contributed by atoms with Crippen LogP contribution in [0.2, 0.25) is 0 Å². The summed E-state index contributed by atoms with van der Waals surface area (Å²) in [5.74, 6) is 0.584. The summed E-state index contributed by atoms with van der Waals surface area (Å²) < 4.78 is 40.6. The van der Waals surface area contributed by atoms with E-state index in [0.717, 1.165) is 0 Å². The fourth-order valence-corrected chi connectivity index (χ4v) is 1.28. The van der Waals surface area contributed by atoms with Gasteiger partial charge in [0.1, 0.15) is 11.5 Å². The molecule has 0 spiro atoms. The number of nitrogens with one attached hydrogen (secondary N) is 1. The molecule has 0 aliphatic rings. The third kappa shape index (κ3) is 4.95. The fraction of sp³-hybridized carbons (Fsp3) is 0.455. The molecule has 0 amide bonds. The van der Waals surface area contributed by atoms with E-state index in [1.54, 1.807) is 12.1 Å². The summed E-state index contributed by atoms with van der Waals surface area (Å²) in [7, 11) is 1.48. The molecule has 0 bridgehead atoms. The van der Waals surface area contributed by atoms with E-state index in [4.69, 9.17) is 4.74 Å². The molecule has 96 valence electrons. The first-order chi connectivity index (χ1) is 7.92. The van der Waals surface area contributed by atoms with E-state index in [9.17, 15) is 18.3 Å². The number of halogens is 3. The SMILES string of the molecule is COc1ccc(O)c(CNCCC(F)(F)F)c1. The van der Waals surface area contributed by atoms with Crippen LogP contribution in [0.25, 0.3) is 0 Å². The van der Waals surface area contributed by atoms with Gasteiger partial charge in [-0.1, -0.05) is 0 Å². The van der Waals surface area contributed by atoms with Crippen LogP contribution in [0.3, 0.4) is 0 Å². The maximum atomic E-state index is 11.9. The van der Waals surface area contributed by atoms with Crippen LogP contribution in [0.1, 0.15) is 12.0 Å². The van der Waals surface area contributed by atoms with Crippen molar-refractivity contribution < 1.29 is 23.0 Å². The van der Waals surface area contributed by atoms with Gasteiger partial charge in [0.05, 0.1) is 13.5 Å². The minimum atomic E-state index is -4.16. The normalized spacial score (nSPS) is 11.5. The number of methoxy groups -OCH3 is 1. The van der Waals surface area contributed by atoms with Crippen molar-refractivity contribution in [1.82, 2.24) is 5.32 Å². The summed E-state index contributed by atoms with van der Waals surface area (Å²) in [6.07, 6.45) is -5.05. The summed E-state index contributed by atoms with van der Waals surface area (Å²) in [6.45, 7) is -0.0146. The monoisotopic (exact) mass is 249 g/mol. The zero-order valence-corrected chi connectivity index (χ0v) is 9.34. The molecule has 0 saturated heterocycles. The van der Waals surface area contributed by atoms with Crippen LogP contribution in [0.4, 0.5) is 13.2 Å². The number of hydrogen-bond donors (Lipinski definition) is 2. The molecule has 0 radical (unpaired) electrons. The van der Waals surface area contributed by atoms with Crippen molar-refractivity contribution in [2.45, 2.75) is 19.1 Å². The summed E-state index contributed by atoms with van der Waals surface area (Å²) in [5.41, 5.74) is 0.506. The van der Waals surface area contributed by atoms with Gasteiger partial charge in [-0.25, -0.2) is 0 Å². The lowest BCUT2D eigenvalue weighted by Gasteiger charge is -2.10. The smallest absolute Gasteiger partial charge is 0.390 e. The Balaban J connectivity index is 2.46. The molecule has 0 aliphatic heterocycles. The zero-order valence-electron chi connectivity index (χ0n) is 9.34. The maximum absolute atomic E-state index is 11.9. The number of phenolic OH excluding ortho intramolecular Hbond substituents is 1. The molecule has 0 aliphatic carbocycles. The summed E-state index contributed by atoms with van der Waals surface area (Å²) in [4.78, 5) is 0. The molecule has 0 heterocycles. The molecule has 0 unspecified atom stereocenters. The standard InChI is InChI=1S/C11H14F3NO2/c1-17-9-2-3-10(16)8(6-9)7-15-5-4-11(12,13)14/h2-3,6,15-16H,4-5,7H2,1H3. The molecule has 3 nitrogen and oxygen atoms in total. The lowest BCUT2D eigenvalue weighted by Crippen LogP contribution is -2.21. The van der Waals surface area contributed by atoms with Crippen molar-refractivity contribution in [3.05, 3.63) is 23.8 Å². The second-order valence-corrected chi connectivity index (χ2v) is 3.54. The molecule has 1 aromatic rings. The number of ether oxygens (including phenoxy) is 1. The highest BCUT2D eigenvalue weighted by Gasteiger charge is 2.25. The molecule has 6 heteroatoms. The molecule has 17 heavy (non-hydrogen) atoms. The van der Waals surface area contributed by atoms with E-state index >= 15 is 0 Å². The Labute approximate surface area is 97.2 Å². The molecule has 2 N–H and O–H groups in total. The molecule has 0 fully saturated rings. The van der Waals surface area contributed by atoms with Gasteiger partial charge in [0, 0.05) is 18.7 Å². The van der Waals surface area contributed by atoms with Crippen LogP contribution in [0.15, 0.2) is 18.2 Å². The molecular weight excluding hydrogens is 235 g/mol. The molecular formula is C11H14F3NO2. The van der Waals surface area contributed by atoms with Crippen LogP contribution in [-0.2, 0) is 6.54 Å². The third-order valence-corrected chi connectivity index (χ3v) is 2.19. The number of benzene rings is 1. The van der Waals surface area contributed by atoms with Gasteiger partial charge in [-0.05, 0) is 18.2 Å². The van der Waals surface area contributed by atoms with Crippen molar-refractivity contribution in [2.75, 3.05) is 13.7 Å². The Morgan fingerprint density at radius 1 is 1.35 bits per heavy atom. The molecule has 0 saturated carbocycles. The molecule has 1 aromatic carbocycles. The van der Waals surface area contributed by atoms with Crippen LogP contribution in [0.5, 0.6) is 11.5 Å². The lowest BCUT2D eigenvalue weighted by molar-refractivity contribution is -0.133. The van der Waals surface area contributed by atoms with Gasteiger partial charge >= 0.3 is 6.18 Å². The minimum Gasteiger partial charge on any atom is -0.508 e. The minimum absolute atomic E-state index is 0.0327. The second kappa shape index (κ2) is 5.77. The van der Waals surface area contributed by atoms with Crippen molar-refractivity contribution >= 4 is 0 Å². The van der Waals surface area contributed by atoms with Crippen molar-refractivity contribution in [1.29, 1.82) is 0 Å². The highest BCUT2D eigenvalue weighted by atomic mass is 19.4. The van der Waals surface area contributed by atoms with Gasteiger partial charge in [0.2, 0.25) is 0 Å². The first kappa shape index (κ1) is 13.6. The van der Waals surface area contributed by atoms with Gasteiger partial charge in [0.25, 0.3) is 0 Å². The largest absolute Gasteiger partial charge is 0.508 e. The topological polar surface area (TPSA) is 41.5 Å². The summed E-state index contributed by atoms with van der Waals surface area (Å²) in [6, 6.07) is 4.60. The number of phenols is 1. The lowest BCUT2D eigenvalue weighted by atomic mass is 10.2. The first-order valence-corrected chi connectivity index (χ1v) is 5.06. The van der Waals surface area contributed by atoms with Gasteiger partial charge in [-0.3, -0.25) is 0 Å². The first-order valence-electron chi connectivity index (χ1n) is 5.06. The van der Waals surface area contributed by atoms with Crippen LogP contribution < -0.4 is 10.1 Å². The quantitative estimate of drug-likeness (QED) is 0.787. The Morgan fingerprint density at radius 3 is 2.65 bits per heavy atom. The van der Waals surface area contributed by atoms with E-state index in [1.807, 2.05) is 0 Å².